The average Bonchev–Trinajstić information content (AvgIpc) is 2.69. The van der Waals surface area contributed by atoms with Gasteiger partial charge in [0.05, 0.1) is 26.9 Å². The van der Waals surface area contributed by atoms with Crippen LogP contribution in [0.15, 0.2) is 36.4 Å². The van der Waals surface area contributed by atoms with Crippen molar-refractivity contribution in [1.82, 2.24) is 0 Å². The second kappa shape index (κ2) is 8.44. The van der Waals surface area contributed by atoms with E-state index in [2.05, 4.69) is 4.74 Å². The summed E-state index contributed by atoms with van der Waals surface area (Å²) in [7, 11) is 3.52. The number of nitrogens with two attached hydrogens (primary N) is 1. The van der Waals surface area contributed by atoms with Crippen LogP contribution in [0.4, 0.5) is 32.0 Å². The maximum Gasteiger partial charge on any atom is 0.442 e. The Labute approximate surface area is 172 Å². The van der Waals surface area contributed by atoms with Crippen LogP contribution in [0.1, 0.15) is 15.9 Å². The molecule has 2 aromatic carbocycles. The van der Waals surface area contributed by atoms with Crippen molar-refractivity contribution in [3.63, 3.8) is 0 Å². The second-order valence-electron chi connectivity index (χ2n) is 6.10. The molecule has 0 fully saturated rings. The number of carbonyl (C=O) groups excluding carboxylic acids is 1. The Morgan fingerprint density at radius 3 is 1.61 bits per heavy atom. The van der Waals surface area contributed by atoms with Gasteiger partial charge in [0.25, 0.3) is 0 Å². The molecule has 0 saturated carbocycles. The van der Waals surface area contributed by atoms with Crippen LogP contribution in [0.2, 0.25) is 0 Å². The first kappa shape index (κ1) is 24.0. The van der Waals surface area contributed by atoms with Crippen LogP contribution < -0.4 is 19.9 Å². The summed E-state index contributed by atoms with van der Waals surface area (Å²) in [6, 6.07) is 4.36. The Bertz CT molecular complexity index is 901. The van der Waals surface area contributed by atoms with Gasteiger partial charge in [-0.15, -0.1) is 0 Å². The summed E-state index contributed by atoms with van der Waals surface area (Å²) in [6.45, 7) is 0. The lowest BCUT2D eigenvalue weighted by Gasteiger charge is -2.36. The van der Waals surface area contributed by atoms with Gasteiger partial charge in [0, 0.05) is 11.3 Å². The van der Waals surface area contributed by atoms with Crippen LogP contribution >= 0.6 is 0 Å². The summed E-state index contributed by atoms with van der Waals surface area (Å²) in [6.07, 6.45) is -12.1. The van der Waals surface area contributed by atoms with Gasteiger partial charge in [0.2, 0.25) is 5.75 Å². The predicted octanol–water partition coefficient (Wildman–Crippen LogP) is 4.47. The molecule has 0 bridgehead atoms. The fraction of sp³-hybridized carbons (Fsp3) is 0.316. The molecular formula is C19H17F6NO5. The fourth-order valence-electron chi connectivity index (χ4n) is 2.78. The predicted molar refractivity (Wildman–Crippen MR) is 96.2 cm³/mol. The van der Waals surface area contributed by atoms with Crippen molar-refractivity contribution in [2.45, 2.75) is 18.0 Å². The van der Waals surface area contributed by atoms with Crippen molar-refractivity contribution in [3.8, 4) is 17.2 Å². The summed E-state index contributed by atoms with van der Waals surface area (Å²) in [5.74, 6) is -2.31. The molecule has 2 N–H and O–H groups in total. The Morgan fingerprint density at radius 1 is 0.806 bits per heavy atom. The van der Waals surface area contributed by atoms with Crippen molar-refractivity contribution >= 4 is 11.7 Å². The number of nitrogen functional groups attached to an aromatic ring is 1. The minimum atomic E-state index is -6.06. The number of rotatable bonds is 6. The Kier molecular flexibility index (Phi) is 6.52. The topological polar surface area (TPSA) is 80.0 Å². The van der Waals surface area contributed by atoms with Crippen molar-refractivity contribution < 1.29 is 50.1 Å². The third kappa shape index (κ3) is 4.28. The van der Waals surface area contributed by atoms with Gasteiger partial charge in [-0.3, -0.25) is 0 Å². The molecule has 0 unspecified atom stereocenters. The normalized spacial score (nSPS) is 12.3. The lowest BCUT2D eigenvalue weighted by atomic mass is 9.91. The molecule has 0 spiro atoms. The van der Waals surface area contributed by atoms with E-state index in [-0.39, 0.29) is 22.9 Å². The highest BCUT2D eigenvalue weighted by molar-refractivity contribution is 5.91. The van der Waals surface area contributed by atoms with Gasteiger partial charge in [-0.25, -0.2) is 4.79 Å². The number of alkyl halides is 6. The van der Waals surface area contributed by atoms with Gasteiger partial charge in [0.15, 0.2) is 11.5 Å². The van der Waals surface area contributed by atoms with E-state index in [0.29, 0.717) is 12.1 Å². The van der Waals surface area contributed by atoms with Crippen LogP contribution in [0.5, 0.6) is 17.2 Å². The lowest BCUT2D eigenvalue weighted by Crippen LogP contribution is -2.56. The minimum absolute atomic E-state index is 0.0296. The number of benzene rings is 2. The molecule has 0 atom stereocenters. The number of esters is 1. The Morgan fingerprint density at radius 2 is 1.26 bits per heavy atom. The maximum atomic E-state index is 13.8. The third-order valence-electron chi connectivity index (χ3n) is 4.26. The molecule has 0 aliphatic heterocycles. The lowest BCUT2D eigenvalue weighted by molar-refractivity contribution is -0.373. The number of methoxy groups -OCH3 is 3. The van der Waals surface area contributed by atoms with Crippen LogP contribution in [-0.2, 0) is 10.3 Å². The summed E-state index contributed by atoms with van der Waals surface area (Å²) in [5, 5.41) is 0. The third-order valence-corrected chi connectivity index (χ3v) is 4.26. The smallest absolute Gasteiger partial charge is 0.442 e. The minimum Gasteiger partial charge on any atom is -0.493 e. The fourth-order valence-corrected chi connectivity index (χ4v) is 2.78. The van der Waals surface area contributed by atoms with Gasteiger partial charge in [0.1, 0.15) is 0 Å². The molecule has 0 amide bonds. The van der Waals surface area contributed by atoms with Crippen LogP contribution in [0.25, 0.3) is 0 Å². The van der Waals surface area contributed by atoms with Crippen molar-refractivity contribution in [2.75, 3.05) is 27.1 Å². The van der Waals surface area contributed by atoms with E-state index in [1.165, 1.54) is 7.11 Å². The second-order valence-corrected chi connectivity index (χ2v) is 6.10. The van der Waals surface area contributed by atoms with Crippen molar-refractivity contribution in [2.24, 2.45) is 0 Å². The molecule has 0 radical (unpaired) electrons. The van der Waals surface area contributed by atoms with Crippen molar-refractivity contribution in [1.29, 1.82) is 0 Å². The SMILES string of the molecule is COc1cc(C(=O)OC(c2ccc(N)cc2)(C(F)(F)F)C(F)(F)F)cc(OC)c1OC. The first-order chi connectivity index (χ1) is 14.3. The molecule has 0 aliphatic carbocycles. The molecule has 6 nitrogen and oxygen atoms in total. The molecule has 2 rings (SSSR count). The van der Waals surface area contributed by atoms with Crippen LogP contribution in [-0.4, -0.2) is 39.7 Å². The quantitative estimate of drug-likeness (QED) is 0.395. The van der Waals surface area contributed by atoms with E-state index in [1.807, 2.05) is 0 Å². The van der Waals surface area contributed by atoms with E-state index in [4.69, 9.17) is 19.9 Å². The number of hydrogen-bond acceptors (Lipinski definition) is 6. The largest absolute Gasteiger partial charge is 0.493 e. The van der Waals surface area contributed by atoms with E-state index >= 15 is 0 Å². The highest BCUT2D eigenvalue weighted by Gasteiger charge is 2.75. The molecule has 0 saturated heterocycles. The summed E-state index contributed by atoms with van der Waals surface area (Å²) in [4.78, 5) is 12.5. The molecular weight excluding hydrogens is 436 g/mol. The number of carbonyl (C=O) groups is 1. The zero-order chi connectivity index (χ0) is 23.6. The zero-order valence-corrected chi connectivity index (χ0v) is 16.4. The van der Waals surface area contributed by atoms with Gasteiger partial charge < -0.3 is 24.7 Å². The van der Waals surface area contributed by atoms with E-state index in [0.717, 1.165) is 38.5 Å². The molecule has 0 aliphatic rings. The molecule has 31 heavy (non-hydrogen) atoms. The number of anilines is 1. The molecule has 12 heteroatoms. The standard InChI is InChI=1S/C19H17F6NO5/c1-28-13-8-10(9-14(29-2)15(13)30-3)16(27)31-17(18(20,21)22,19(23,24)25)11-4-6-12(26)7-5-11/h4-9H,26H2,1-3H3. The Hall–Kier alpha value is -3.31. The monoisotopic (exact) mass is 453 g/mol. The Balaban J connectivity index is 2.68. The molecule has 2 aromatic rings. The van der Waals surface area contributed by atoms with Crippen molar-refractivity contribution in [3.05, 3.63) is 47.5 Å². The van der Waals surface area contributed by atoms with Gasteiger partial charge >= 0.3 is 23.9 Å². The van der Waals surface area contributed by atoms with Crippen LogP contribution in [0, 0.1) is 0 Å². The van der Waals surface area contributed by atoms with E-state index in [9.17, 15) is 31.1 Å². The zero-order valence-electron chi connectivity index (χ0n) is 16.4. The first-order valence-corrected chi connectivity index (χ1v) is 8.35. The van der Waals surface area contributed by atoms with Gasteiger partial charge in [-0.05, 0) is 24.3 Å². The van der Waals surface area contributed by atoms with Gasteiger partial charge in [-0.1, -0.05) is 12.1 Å². The van der Waals surface area contributed by atoms with Gasteiger partial charge in [-0.2, -0.15) is 26.3 Å². The highest BCUT2D eigenvalue weighted by atomic mass is 19.4. The number of hydrogen-bond donors (Lipinski definition) is 1. The maximum absolute atomic E-state index is 13.8. The van der Waals surface area contributed by atoms with Crippen LogP contribution in [0.3, 0.4) is 0 Å². The molecule has 0 heterocycles. The molecule has 170 valence electrons. The van der Waals surface area contributed by atoms with E-state index in [1.54, 1.807) is 0 Å². The highest BCUT2D eigenvalue weighted by Crippen LogP contribution is 2.53. The molecule has 0 aromatic heterocycles. The number of halogens is 6. The summed E-state index contributed by atoms with van der Waals surface area (Å²) >= 11 is 0. The van der Waals surface area contributed by atoms with E-state index < -0.39 is 35.0 Å². The summed E-state index contributed by atoms with van der Waals surface area (Å²) in [5.41, 5.74) is -1.74. The average molecular weight is 453 g/mol. The first-order valence-electron chi connectivity index (χ1n) is 8.35. The number of ether oxygens (including phenoxy) is 4. The summed E-state index contributed by atoms with van der Waals surface area (Å²) < 4.78 is 102.